The van der Waals surface area contributed by atoms with Gasteiger partial charge < -0.3 is 15.3 Å². The van der Waals surface area contributed by atoms with Crippen LogP contribution in [-0.4, -0.2) is 62.1 Å². The topological polar surface area (TPSA) is 114 Å². The maximum Gasteiger partial charge on any atom is 0.490 e. The Labute approximate surface area is 174 Å². The Balaban J connectivity index is 0.000000423. The number of piperazine rings is 1. The second-order valence-electron chi connectivity index (χ2n) is 6.53. The van der Waals surface area contributed by atoms with Gasteiger partial charge in [-0.2, -0.15) is 18.2 Å². The van der Waals surface area contributed by atoms with E-state index in [1.165, 1.54) is 11.6 Å². The Morgan fingerprint density at radius 2 is 1.81 bits per heavy atom. The summed E-state index contributed by atoms with van der Waals surface area (Å²) in [6.07, 6.45) is -5.08. The standard InChI is InChI=1S/C16H22N6O2.C2HF3O2/c1-4-6-9-22-12-13(18-15(22)20-10-7-17-8-11-20)21(5-2)16(24)19(3)14(12)23;3-2(4,5)1(6)7/h17H,5,7-11H2,1-3H3;(H,6,7). The van der Waals surface area contributed by atoms with Crippen molar-refractivity contribution in [3.63, 3.8) is 0 Å². The van der Waals surface area contributed by atoms with Crippen molar-refractivity contribution in [2.75, 3.05) is 31.1 Å². The number of nitrogens with one attached hydrogen (secondary N) is 1. The smallest absolute Gasteiger partial charge is 0.475 e. The van der Waals surface area contributed by atoms with Crippen LogP contribution in [0.25, 0.3) is 11.2 Å². The molecule has 0 bridgehead atoms. The van der Waals surface area contributed by atoms with Crippen LogP contribution in [0.4, 0.5) is 19.1 Å². The Hall–Kier alpha value is -3.27. The van der Waals surface area contributed by atoms with Crippen molar-refractivity contribution >= 4 is 23.1 Å². The SMILES string of the molecule is CC#CCn1c(N2CCNCC2)nc2c1c(=O)n(C)c(=O)n2CC.O=C(O)C(F)(F)F. The fourth-order valence-corrected chi connectivity index (χ4v) is 3.04. The first-order chi connectivity index (χ1) is 14.5. The summed E-state index contributed by atoms with van der Waals surface area (Å²) >= 11 is 0. The molecule has 2 aromatic rings. The number of rotatable bonds is 3. The zero-order chi connectivity index (χ0) is 23.3. The number of carboxylic acid groups (broad SMARTS) is 1. The third-order valence-electron chi connectivity index (χ3n) is 4.58. The van der Waals surface area contributed by atoms with Gasteiger partial charge in [-0.25, -0.2) is 9.59 Å². The van der Waals surface area contributed by atoms with Crippen LogP contribution in [-0.2, 0) is 24.9 Å². The first-order valence-corrected chi connectivity index (χ1v) is 9.40. The quantitative estimate of drug-likeness (QED) is 0.640. The molecule has 10 nitrogen and oxygen atoms in total. The molecule has 1 fully saturated rings. The van der Waals surface area contributed by atoms with Gasteiger partial charge in [-0.3, -0.25) is 18.5 Å². The lowest BCUT2D eigenvalue weighted by atomic mass is 10.4. The summed E-state index contributed by atoms with van der Waals surface area (Å²) in [6, 6.07) is 0. The highest BCUT2D eigenvalue weighted by Gasteiger charge is 2.38. The number of hydrogen-bond donors (Lipinski definition) is 2. The molecule has 0 saturated carbocycles. The third kappa shape index (κ3) is 5.08. The maximum atomic E-state index is 12.7. The molecular weight excluding hydrogens is 421 g/mol. The molecule has 3 heterocycles. The van der Waals surface area contributed by atoms with E-state index in [2.05, 4.69) is 27.0 Å². The van der Waals surface area contributed by atoms with Crippen molar-refractivity contribution in [2.24, 2.45) is 7.05 Å². The van der Waals surface area contributed by atoms with Gasteiger partial charge in [-0.1, -0.05) is 5.92 Å². The molecule has 0 radical (unpaired) electrons. The average molecular weight is 444 g/mol. The number of anilines is 1. The van der Waals surface area contributed by atoms with Gasteiger partial charge in [0.05, 0.1) is 6.54 Å². The molecular formula is C18H23F3N6O4. The highest BCUT2D eigenvalue weighted by atomic mass is 19.4. The van der Waals surface area contributed by atoms with Crippen molar-refractivity contribution < 1.29 is 23.1 Å². The lowest BCUT2D eigenvalue weighted by Gasteiger charge is -2.28. The number of aromatic nitrogens is 4. The molecule has 1 aliphatic heterocycles. The molecule has 0 unspecified atom stereocenters. The van der Waals surface area contributed by atoms with Gasteiger partial charge in [0.2, 0.25) is 5.95 Å². The molecule has 0 amide bonds. The van der Waals surface area contributed by atoms with Crippen LogP contribution < -0.4 is 21.5 Å². The van der Waals surface area contributed by atoms with E-state index in [0.717, 1.165) is 30.7 Å². The number of halogens is 3. The normalized spacial score (nSPS) is 13.9. The molecule has 0 aromatic carbocycles. The summed E-state index contributed by atoms with van der Waals surface area (Å²) in [5, 5.41) is 10.4. The number of imidazole rings is 1. The molecule has 1 saturated heterocycles. The van der Waals surface area contributed by atoms with E-state index >= 15 is 0 Å². The predicted molar refractivity (Wildman–Crippen MR) is 107 cm³/mol. The lowest BCUT2D eigenvalue weighted by molar-refractivity contribution is -0.192. The highest BCUT2D eigenvalue weighted by Crippen LogP contribution is 2.20. The van der Waals surface area contributed by atoms with E-state index in [0.29, 0.717) is 30.2 Å². The summed E-state index contributed by atoms with van der Waals surface area (Å²) in [7, 11) is 1.50. The fourth-order valence-electron chi connectivity index (χ4n) is 3.04. The Morgan fingerprint density at radius 3 is 2.29 bits per heavy atom. The number of hydrogen-bond acceptors (Lipinski definition) is 6. The molecule has 31 heavy (non-hydrogen) atoms. The number of carbonyl (C=O) groups is 1. The fraction of sp³-hybridized carbons (Fsp3) is 0.556. The Morgan fingerprint density at radius 1 is 1.23 bits per heavy atom. The minimum absolute atomic E-state index is 0.327. The summed E-state index contributed by atoms with van der Waals surface area (Å²) in [5.74, 6) is 3.83. The zero-order valence-electron chi connectivity index (χ0n) is 17.3. The molecule has 0 atom stereocenters. The third-order valence-corrected chi connectivity index (χ3v) is 4.58. The minimum Gasteiger partial charge on any atom is -0.475 e. The largest absolute Gasteiger partial charge is 0.490 e. The number of carboxylic acids is 1. The molecule has 2 N–H and O–H groups in total. The van der Waals surface area contributed by atoms with E-state index in [9.17, 15) is 22.8 Å². The molecule has 13 heteroatoms. The van der Waals surface area contributed by atoms with E-state index in [1.807, 2.05) is 11.5 Å². The minimum atomic E-state index is -5.08. The summed E-state index contributed by atoms with van der Waals surface area (Å²) in [4.78, 5) is 40.8. The molecule has 1 aliphatic rings. The number of aryl methyl sites for hydroxylation is 1. The molecule has 2 aromatic heterocycles. The van der Waals surface area contributed by atoms with Crippen LogP contribution in [0.1, 0.15) is 13.8 Å². The maximum absolute atomic E-state index is 12.7. The van der Waals surface area contributed by atoms with Gasteiger partial charge >= 0.3 is 17.8 Å². The van der Waals surface area contributed by atoms with Crippen LogP contribution in [0.2, 0.25) is 0 Å². The van der Waals surface area contributed by atoms with Gasteiger partial charge in [-0.05, 0) is 13.8 Å². The summed E-state index contributed by atoms with van der Waals surface area (Å²) < 4.78 is 36.3. The lowest BCUT2D eigenvalue weighted by Crippen LogP contribution is -2.44. The van der Waals surface area contributed by atoms with Gasteiger partial charge in [-0.15, -0.1) is 5.92 Å². The second kappa shape index (κ2) is 9.69. The van der Waals surface area contributed by atoms with Gasteiger partial charge in [0.25, 0.3) is 5.56 Å². The van der Waals surface area contributed by atoms with E-state index in [-0.39, 0.29) is 11.2 Å². The Bertz CT molecular complexity index is 1130. The first-order valence-electron chi connectivity index (χ1n) is 9.40. The predicted octanol–water partition coefficient (Wildman–Crippen LogP) is -0.0172. The van der Waals surface area contributed by atoms with Crippen LogP contribution in [0.15, 0.2) is 9.59 Å². The van der Waals surface area contributed by atoms with Gasteiger partial charge in [0, 0.05) is 39.8 Å². The zero-order valence-corrected chi connectivity index (χ0v) is 17.3. The van der Waals surface area contributed by atoms with Crippen molar-refractivity contribution in [1.82, 2.24) is 24.0 Å². The first kappa shape index (κ1) is 24.0. The van der Waals surface area contributed by atoms with E-state index in [1.54, 1.807) is 6.92 Å². The van der Waals surface area contributed by atoms with Gasteiger partial charge in [0.1, 0.15) is 0 Å². The van der Waals surface area contributed by atoms with Crippen molar-refractivity contribution in [2.45, 2.75) is 33.1 Å². The Kier molecular flexibility index (Phi) is 7.50. The van der Waals surface area contributed by atoms with Gasteiger partial charge in [0.15, 0.2) is 11.2 Å². The summed E-state index contributed by atoms with van der Waals surface area (Å²) in [5.41, 5.74) is 0.215. The molecule has 0 spiro atoms. The van der Waals surface area contributed by atoms with Crippen molar-refractivity contribution in [3.8, 4) is 11.8 Å². The number of fused-ring (bicyclic) bond motifs is 1. The number of alkyl halides is 3. The highest BCUT2D eigenvalue weighted by molar-refractivity contribution is 5.75. The van der Waals surface area contributed by atoms with Crippen LogP contribution in [0.5, 0.6) is 0 Å². The van der Waals surface area contributed by atoms with Crippen LogP contribution in [0.3, 0.4) is 0 Å². The van der Waals surface area contributed by atoms with Crippen molar-refractivity contribution in [1.29, 1.82) is 0 Å². The monoisotopic (exact) mass is 444 g/mol. The molecule has 0 aliphatic carbocycles. The number of aliphatic carboxylic acids is 1. The van der Waals surface area contributed by atoms with E-state index in [4.69, 9.17) is 9.90 Å². The molecule has 3 rings (SSSR count). The summed E-state index contributed by atoms with van der Waals surface area (Å²) in [6.45, 7) is 7.82. The molecule has 170 valence electrons. The van der Waals surface area contributed by atoms with Crippen LogP contribution in [0, 0.1) is 11.8 Å². The second-order valence-corrected chi connectivity index (χ2v) is 6.53. The average Bonchev–Trinajstić information content (AvgIpc) is 3.10. The van der Waals surface area contributed by atoms with E-state index < -0.39 is 12.1 Å². The number of nitrogens with zero attached hydrogens (tertiary/aromatic N) is 5. The van der Waals surface area contributed by atoms with Crippen LogP contribution >= 0.6 is 0 Å². The van der Waals surface area contributed by atoms with Crippen molar-refractivity contribution in [3.05, 3.63) is 20.8 Å².